The van der Waals surface area contributed by atoms with E-state index in [-0.39, 0.29) is 53.0 Å². The first-order valence-electron chi connectivity index (χ1n) is 11.8. The molecule has 2 aliphatic rings. The van der Waals surface area contributed by atoms with E-state index >= 15 is 0 Å². The zero-order valence-electron chi connectivity index (χ0n) is 20.0. The summed E-state index contributed by atoms with van der Waals surface area (Å²) in [6, 6.07) is 3.60. The highest BCUT2D eigenvalue weighted by molar-refractivity contribution is 6.04. The maximum absolute atomic E-state index is 13.3. The normalized spacial score (nSPS) is 17.1. The van der Waals surface area contributed by atoms with Crippen molar-refractivity contribution in [2.24, 2.45) is 5.92 Å². The van der Waals surface area contributed by atoms with Crippen molar-refractivity contribution in [1.29, 1.82) is 0 Å². The lowest BCUT2D eigenvalue weighted by Gasteiger charge is -2.24. The molecule has 196 valence electrons. The van der Waals surface area contributed by atoms with E-state index < -0.39 is 30.0 Å². The second-order valence-corrected chi connectivity index (χ2v) is 9.47. The highest BCUT2D eigenvalue weighted by atomic mass is 19.4. The van der Waals surface area contributed by atoms with E-state index in [1.807, 2.05) is 6.92 Å². The van der Waals surface area contributed by atoms with E-state index in [2.05, 4.69) is 20.1 Å². The van der Waals surface area contributed by atoms with E-state index in [0.29, 0.717) is 11.5 Å². The van der Waals surface area contributed by atoms with Crippen LogP contribution < -0.4 is 15.8 Å². The van der Waals surface area contributed by atoms with Gasteiger partial charge in [0.1, 0.15) is 11.3 Å². The Kier molecular flexibility index (Phi) is 5.97. The van der Waals surface area contributed by atoms with Crippen LogP contribution in [0.4, 0.5) is 19.0 Å². The number of hydrogen-bond donors (Lipinski definition) is 3. The number of rotatable bonds is 7. The van der Waals surface area contributed by atoms with Crippen molar-refractivity contribution in [2.75, 3.05) is 12.3 Å². The molecule has 0 bridgehead atoms. The minimum Gasteiger partial charge on any atom is -0.405 e. The lowest BCUT2D eigenvalue weighted by molar-refractivity contribution is -0.274. The van der Waals surface area contributed by atoms with Crippen LogP contribution in [-0.2, 0) is 6.54 Å². The summed E-state index contributed by atoms with van der Waals surface area (Å²) in [5.41, 5.74) is 6.77. The number of carbonyl (C=O) groups excluding carboxylic acids is 2. The van der Waals surface area contributed by atoms with Gasteiger partial charge in [-0.1, -0.05) is 0 Å². The van der Waals surface area contributed by atoms with Gasteiger partial charge in [0.2, 0.25) is 0 Å². The second-order valence-electron chi connectivity index (χ2n) is 9.47. The SMILES string of the molecule is C[C@H](CO)NC(=O)c1c(N)nn2ccc(-c3cc4c(c(OC(F)(F)F)c3)C(=O)N([C@@H](C)C3CC3)C4)nc12. The maximum atomic E-state index is 13.3. The molecule has 0 saturated heterocycles. The van der Waals surface area contributed by atoms with Crippen LogP contribution >= 0.6 is 0 Å². The number of nitrogens with zero attached hydrogens (tertiary/aromatic N) is 4. The largest absolute Gasteiger partial charge is 0.573 e. The molecular weight excluding hydrogens is 493 g/mol. The Balaban J connectivity index is 1.58. The molecule has 0 spiro atoms. The third-order valence-electron chi connectivity index (χ3n) is 6.71. The number of aromatic nitrogens is 3. The number of carbonyl (C=O) groups is 2. The number of hydrogen-bond acceptors (Lipinski definition) is 7. The number of aliphatic hydroxyl groups is 1. The monoisotopic (exact) mass is 518 g/mol. The van der Waals surface area contributed by atoms with Crippen molar-refractivity contribution in [3.63, 3.8) is 0 Å². The van der Waals surface area contributed by atoms with Crippen LogP contribution in [0.3, 0.4) is 0 Å². The Labute approximate surface area is 209 Å². The first-order chi connectivity index (χ1) is 17.5. The van der Waals surface area contributed by atoms with Gasteiger partial charge < -0.3 is 25.8 Å². The van der Waals surface area contributed by atoms with E-state index in [4.69, 9.17) is 5.73 Å². The summed E-state index contributed by atoms with van der Waals surface area (Å²) in [4.78, 5) is 31.9. The van der Waals surface area contributed by atoms with Crippen LogP contribution in [-0.4, -0.2) is 61.5 Å². The van der Waals surface area contributed by atoms with Gasteiger partial charge in [0, 0.05) is 30.4 Å². The van der Waals surface area contributed by atoms with Crippen LogP contribution in [0, 0.1) is 5.92 Å². The van der Waals surface area contributed by atoms with E-state index in [1.54, 1.807) is 17.9 Å². The molecule has 1 fully saturated rings. The molecule has 2 amide bonds. The van der Waals surface area contributed by atoms with Crippen molar-refractivity contribution in [3.05, 3.63) is 41.1 Å². The van der Waals surface area contributed by atoms with Crippen molar-refractivity contribution in [2.45, 2.75) is 51.7 Å². The van der Waals surface area contributed by atoms with E-state index in [9.17, 15) is 27.9 Å². The molecule has 2 atom stereocenters. The molecule has 2 aromatic heterocycles. The molecular formula is C24H25F3N6O4. The molecule has 5 rings (SSSR count). The van der Waals surface area contributed by atoms with Crippen molar-refractivity contribution in [1.82, 2.24) is 24.8 Å². The third-order valence-corrected chi connectivity index (χ3v) is 6.71. The Morgan fingerprint density at radius 2 is 2.05 bits per heavy atom. The fraction of sp³-hybridized carbons (Fsp3) is 0.417. The van der Waals surface area contributed by atoms with Gasteiger partial charge in [-0.3, -0.25) is 9.59 Å². The Morgan fingerprint density at radius 3 is 2.70 bits per heavy atom. The van der Waals surface area contributed by atoms with E-state index in [0.717, 1.165) is 18.9 Å². The van der Waals surface area contributed by atoms with Crippen LogP contribution in [0.15, 0.2) is 24.4 Å². The van der Waals surface area contributed by atoms with Crippen LogP contribution in [0.1, 0.15) is 53.0 Å². The number of aliphatic hydroxyl groups excluding tert-OH is 1. The zero-order chi connectivity index (χ0) is 26.6. The first-order valence-corrected chi connectivity index (χ1v) is 11.8. The lowest BCUT2D eigenvalue weighted by atomic mass is 10.0. The van der Waals surface area contributed by atoms with Crippen molar-refractivity contribution < 1.29 is 32.6 Å². The molecule has 10 nitrogen and oxygen atoms in total. The Hall–Kier alpha value is -3.87. The van der Waals surface area contributed by atoms with Gasteiger partial charge in [-0.15, -0.1) is 18.3 Å². The summed E-state index contributed by atoms with van der Waals surface area (Å²) >= 11 is 0. The number of alkyl halides is 3. The van der Waals surface area contributed by atoms with Crippen molar-refractivity contribution in [3.8, 4) is 17.0 Å². The lowest BCUT2D eigenvalue weighted by Crippen LogP contribution is -2.35. The van der Waals surface area contributed by atoms with E-state index in [1.165, 1.54) is 16.8 Å². The predicted molar refractivity (Wildman–Crippen MR) is 126 cm³/mol. The fourth-order valence-electron chi connectivity index (χ4n) is 4.62. The summed E-state index contributed by atoms with van der Waals surface area (Å²) < 4.78 is 45.5. The predicted octanol–water partition coefficient (Wildman–Crippen LogP) is 2.74. The smallest absolute Gasteiger partial charge is 0.405 e. The van der Waals surface area contributed by atoms with Crippen LogP contribution in [0.25, 0.3) is 16.9 Å². The van der Waals surface area contributed by atoms with Gasteiger partial charge >= 0.3 is 6.36 Å². The topological polar surface area (TPSA) is 135 Å². The summed E-state index contributed by atoms with van der Waals surface area (Å²) in [5, 5.41) is 15.9. The molecule has 1 aliphatic carbocycles. The molecule has 3 aromatic rings. The summed E-state index contributed by atoms with van der Waals surface area (Å²) in [6.45, 7) is 3.36. The molecule has 3 heterocycles. The number of ether oxygens (including phenoxy) is 1. The van der Waals surface area contributed by atoms with Gasteiger partial charge in [-0.25, -0.2) is 9.50 Å². The maximum Gasteiger partial charge on any atom is 0.573 e. The number of benzene rings is 1. The van der Waals surface area contributed by atoms with Gasteiger partial charge in [-0.05, 0) is 56.4 Å². The number of nitrogen functional groups attached to an aromatic ring is 1. The summed E-state index contributed by atoms with van der Waals surface area (Å²) in [5.74, 6) is -1.47. The summed E-state index contributed by atoms with van der Waals surface area (Å²) in [7, 11) is 0. The van der Waals surface area contributed by atoms with Gasteiger partial charge in [0.25, 0.3) is 11.8 Å². The number of anilines is 1. The average Bonchev–Trinajstić information content (AvgIpc) is 3.54. The number of halogens is 3. The second kappa shape index (κ2) is 8.91. The fourth-order valence-corrected chi connectivity index (χ4v) is 4.62. The number of fused-ring (bicyclic) bond motifs is 2. The van der Waals surface area contributed by atoms with Crippen LogP contribution in [0.5, 0.6) is 5.75 Å². The minimum atomic E-state index is -5.01. The average molecular weight is 518 g/mol. The van der Waals surface area contributed by atoms with Gasteiger partial charge in [-0.2, -0.15) is 0 Å². The number of nitrogens with one attached hydrogen (secondary N) is 1. The van der Waals surface area contributed by atoms with Crippen LogP contribution in [0.2, 0.25) is 0 Å². The highest BCUT2D eigenvalue weighted by Gasteiger charge is 2.42. The molecule has 1 aliphatic heterocycles. The zero-order valence-corrected chi connectivity index (χ0v) is 20.0. The number of amides is 2. The standard InChI is InChI=1S/C24H25F3N6O4/c1-11(10-34)29-22(35)19-20(28)31-33-6-5-16(30-21(19)33)14-7-15-9-32(12(2)13-3-4-13)23(36)18(15)17(8-14)37-24(25,26)27/h5-8,11-13,34H,3-4,9-10H2,1-2H3,(H2,28,31)(H,29,35)/t11-,12+/m1/s1. The van der Waals surface area contributed by atoms with Crippen molar-refractivity contribution >= 4 is 23.3 Å². The quantitative estimate of drug-likeness (QED) is 0.438. The molecule has 0 radical (unpaired) electrons. The van der Waals surface area contributed by atoms with Gasteiger partial charge in [0.05, 0.1) is 17.9 Å². The first kappa shape index (κ1) is 24.8. The molecule has 1 saturated carbocycles. The summed E-state index contributed by atoms with van der Waals surface area (Å²) in [6.07, 6.45) is -1.58. The van der Waals surface area contributed by atoms with Gasteiger partial charge in [0.15, 0.2) is 11.5 Å². The molecule has 1 aromatic carbocycles. The highest BCUT2D eigenvalue weighted by Crippen LogP contribution is 2.42. The molecule has 4 N–H and O–H groups in total. The molecule has 0 unspecified atom stereocenters. The Bertz CT molecular complexity index is 1400. The third kappa shape index (κ3) is 4.66. The molecule has 13 heteroatoms. The minimum absolute atomic E-state index is 0.0327. The molecule has 37 heavy (non-hydrogen) atoms. The Morgan fingerprint density at radius 1 is 1.32 bits per heavy atom. The number of nitrogens with two attached hydrogens (primary N) is 1.